The highest BCUT2D eigenvalue weighted by Crippen LogP contribution is 2.32. The normalized spacial score (nSPS) is 14.6. The molecule has 3 atom stereocenters. The number of ether oxygens (including phenoxy) is 2. The van der Waals surface area contributed by atoms with Gasteiger partial charge in [-0.15, -0.1) is 0 Å². The fourth-order valence-corrected chi connectivity index (χ4v) is 4.00. The Morgan fingerprint density at radius 1 is 0.886 bits per heavy atom. The van der Waals surface area contributed by atoms with Crippen LogP contribution in [0.5, 0.6) is 0 Å². The van der Waals surface area contributed by atoms with Gasteiger partial charge in [-0.25, -0.2) is 0 Å². The molecule has 0 heterocycles. The van der Waals surface area contributed by atoms with Gasteiger partial charge in [0, 0.05) is 12.7 Å². The third kappa shape index (κ3) is 15.9. The second-order valence-electron chi connectivity index (χ2n) is 9.73. The van der Waals surface area contributed by atoms with Crippen LogP contribution in [0, 0.1) is 0 Å². The van der Waals surface area contributed by atoms with Crippen LogP contribution in [0.2, 0.25) is 0 Å². The lowest BCUT2D eigenvalue weighted by molar-refractivity contribution is -0.870. The highest BCUT2D eigenvalue weighted by molar-refractivity contribution is 7.40. The predicted molar refractivity (Wildman–Crippen MR) is 139 cm³/mol. The summed E-state index contributed by atoms with van der Waals surface area (Å²) in [6.07, 6.45) is 7.19. The zero-order valence-electron chi connectivity index (χ0n) is 21.8. The van der Waals surface area contributed by atoms with Gasteiger partial charge in [0.2, 0.25) is 0 Å². The molecule has 0 aliphatic rings. The van der Waals surface area contributed by atoms with Crippen molar-refractivity contribution in [1.29, 1.82) is 0 Å². The van der Waals surface area contributed by atoms with Gasteiger partial charge in [0.05, 0.1) is 40.5 Å². The molecule has 4 N–H and O–H groups in total. The molecule has 0 amide bonds. The lowest BCUT2D eigenvalue weighted by Crippen LogP contribution is -2.37. The number of likely N-dealkylation sites (N-methyl/N-ethyl adjacent to an activating group) is 1. The van der Waals surface area contributed by atoms with Gasteiger partial charge in [0.25, 0.3) is 0 Å². The van der Waals surface area contributed by atoms with Crippen molar-refractivity contribution < 1.29 is 43.1 Å². The fraction of sp³-hybridized carbons (Fsp3) is 0.750. The first kappa shape index (κ1) is 32.4. The summed E-state index contributed by atoms with van der Waals surface area (Å²) in [6.45, 7) is 1.75. The molecule has 1 rings (SSSR count). The van der Waals surface area contributed by atoms with Gasteiger partial charge in [-0.3, -0.25) is 0 Å². The molecule has 0 radical (unpaired) electrons. The van der Waals surface area contributed by atoms with Crippen LogP contribution in [0.25, 0.3) is 0 Å². The van der Waals surface area contributed by atoms with E-state index in [0.29, 0.717) is 18.7 Å². The van der Waals surface area contributed by atoms with Gasteiger partial charge in [0.15, 0.2) is 6.29 Å². The van der Waals surface area contributed by atoms with Crippen LogP contribution in [0.4, 0.5) is 0 Å². The maximum atomic E-state index is 9.74. The Hall–Kier alpha value is -0.645. The second kappa shape index (κ2) is 18.6. The van der Waals surface area contributed by atoms with E-state index in [9.17, 15) is 20.0 Å². The molecular weight excluding hydrogens is 472 g/mol. The summed E-state index contributed by atoms with van der Waals surface area (Å²) in [5.74, 6) is 0. The number of quaternary nitrogens is 1. The van der Waals surface area contributed by atoms with Gasteiger partial charge < -0.3 is 43.1 Å². The molecule has 1 aromatic rings. The van der Waals surface area contributed by atoms with Crippen molar-refractivity contribution in [3.05, 3.63) is 29.8 Å². The Morgan fingerprint density at radius 3 is 2.00 bits per heavy atom. The van der Waals surface area contributed by atoms with Gasteiger partial charge in [-0.1, -0.05) is 62.8 Å². The predicted octanol–water partition coefficient (Wildman–Crippen LogP) is 2.47. The van der Waals surface area contributed by atoms with Crippen LogP contribution in [0.3, 0.4) is 0 Å². The van der Waals surface area contributed by atoms with E-state index in [1.807, 2.05) is 0 Å². The first-order valence-electron chi connectivity index (χ1n) is 12.5. The van der Waals surface area contributed by atoms with Crippen molar-refractivity contribution >= 4 is 21.2 Å². The number of hydrogen-bond acceptors (Lipinski definition) is 8. The molecular formula is C24H46BNO8P+. The fourth-order valence-electron chi connectivity index (χ4n) is 3.40. The SMILES string of the molecule is COC(OC(CO)CCCCCCCCCOP(O)OCC[N+](C)(C)C)c1ccc(B(O)O)cc1. The summed E-state index contributed by atoms with van der Waals surface area (Å²) in [4.78, 5) is 9.74. The lowest BCUT2D eigenvalue weighted by atomic mass is 9.80. The number of aliphatic hydroxyl groups is 1. The van der Waals surface area contributed by atoms with E-state index in [0.717, 1.165) is 68.0 Å². The standard InChI is InChI=1S/C24H46BNO8P/c1-26(2,3)17-19-33-35(30)32-18-11-9-7-5-6-8-10-12-23(20-27)34-24(31-4)21-13-15-22(16-14-21)25(28)29/h13-16,23-24,27-30H,5-12,17-20H2,1-4H3/q+1. The van der Waals surface area contributed by atoms with E-state index in [-0.39, 0.29) is 12.7 Å². The molecule has 0 fully saturated rings. The monoisotopic (exact) mass is 518 g/mol. The summed E-state index contributed by atoms with van der Waals surface area (Å²) >= 11 is 0. The number of aliphatic hydroxyl groups excluding tert-OH is 1. The summed E-state index contributed by atoms with van der Waals surface area (Å²) < 4.78 is 22.8. The molecule has 9 nitrogen and oxygen atoms in total. The average Bonchev–Trinajstić information content (AvgIpc) is 2.81. The number of methoxy groups -OCH3 is 1. The average molecular weight is 518 g/mol. The Morgan fingerprint density at radius 2 is 1.46 bits per heavy atom. The molecule has 0 saturated carbocycles. The zero-order valence-corrected chi connectivity index (χ0v) is 22.7. The minimum Gasteiger partial charge on any atom is -0.423 e. The highest BCUT2D eigenvalue weighted by Gasteiger charge is 2.19. The number of rotatable bonds is 21. The topological polar surface area (TPSA) is 118 Å². The summed E-state index contributed by atoms with van der Waals surface area (Å²) in [7, 11) is 4.49. The van der Waals surface area contributed by atoms with E-state index < -0.39 is 22.0 Å². The highest BCUT2D eigenvalue weighted by atomic mass is 31.2. The summed E-state index contributed by atoms with van der Waals surface area (Å²) in [5.41, 5.74) is 1.15. The van der Waals surface area contributed by atoms with Gasteiger partial charge in [-0.2, -0.15) is 0 Å². The van der Waals surface area contributed by atoms with Crippen molar-refractivity contribution in [3.63, 3.8) is 0 Å². The third-order valence-electron chi connectivity index (χ3n) is 5.58. The molecule has 0 saturated heterocycles. The minimum absolute atomic E-state index is 0.0836. The quantitative estimate of drug-likeness (QED) is 0.0645. The number of benzene rings is 1. The van der Waals surface area contributed by atoms with Crippen LogP contribution < -0.4 is 5.46 Å². The van der Waals surface area contributed by atoms with Crippen molar-refractivity contribution in [2.45, 2.75) is 63.8 Å². The van der Waals surface area contributed by atoms with Crippen LogP contribution in [-0.2, 0) is 18.5 Å². The maximum Gasteiger partial charge on any atom is 0.488 e. The Balaban J connectivity index is 2.10. The molecule has 3 unspecified atom stereocenters. The Kier molecular flexibility index (Phi) is 17.2. The Bertz CT molecular complexity index is 647. The lowest BCUT2D eigenvalue weighted by Gasteiger charge is -2.23. The molecule has 35 heavy (non-hydrogen) atoms. The minimum atomic E-state index is -1.77. The van der Waals surface area contributed by atoms with Crippen LogP contribution in [-0.4, -0.2) is 92.4 Å². The second-order valence-corrected chi connectivity index (χ2v) is 10.7. The van der Waals surface area contributed by atoms with Crippen molar-refractivity contribution in [3.8, 4) is 0 Å². The first-order chi connectivity index (χ1) is 16.7. The van der Waals surface area contributed by atoms with Crippen LogP contribution in [0.15, 0.2) is 24.3 Å². The van der Waals surface area contributed by atoms with Gasteiger partial charge in [-0.05, 0) is 18.3 Å². The molecule has 11 heteroatoms. The van der Waals surface area contributed by atoms with Crippen LogP contribution in [0.1, 0.15) is 63.2 Å². The third-order valence-corrected chi connectivity index (χ3v) is 6.38. The van der Waals surface area contributed by atoms with E-state index in [4.69, 9.17) is 18.5 Å². The summed E-state index contributed by atoms with van der Waals surface area (Å²) in [6, 6.07) is 6.67. The van der Waals surface area contributed by atoms with Crippen molar-refractivity contribution in [1.82, 2.24) is 0 Å². The summed E-state index contributed by atoms with van der Waals surface area (Å²) in [5, 5.41) is 28.1. The maximum absolute atomic E-state index is 9.74. The molecule has 1 aromatic carbocycles. The number of hydrogen-bond donors (Lipinski definition) is 4. The molecule has 202 valence electrons. The van der Waals surface area contributed by atoms with E-state index in [1.54, 1.807) is 31.4 Å². The van der Waals surface area contributed by atoms with Gasteiger partial charge >= 0.3 is 15.7 Å². The molecule has 0 bridgehead atoms. The molecule has 0 aliphatic heterocycles. The van der Waals surface area contributed by atoms with Gasteiger partial charge in [0.1, 0.15) is 13.2 Å². The number of unbranched alkanes of at least 4 members (excludes halogenated alkanes) is 6. The van der Waals surface area contributed by atoms with E-state index in [1.165, 1.54) is 0 Å². The number of nitrogens with zero attached hydrogens (tertiary/aromatic N) is 1. The van der Waals surface area contributed by atoms with E-state index in [2.05, 4.69) is 21.1 Å². The smallest absolute Gasteiger partial charge is 0.423 e. The van der Waals surface area contributed by atoms with E-state index >= 15 is 0 Å². The largest absolute Gasteiger partial charge is 0.488 e. The van der Waals surface area contributed by atoms with Crippen molar-refractivity contribution in [2.75, 3.05) is 54.6 Å². The molecule has 0 aliphatic carbocycles. The Labute approximate surface area is 212 Å². The zero-order chi connectivity index (χ0) is 26.1. The first-order valence-corrected chi connectivity index (χ1v) is 13.6. The molecule has 0 aromatic heterocycles. The van der Waals surface area contributed by atoms with Crippen molar-refractivity contribution in [2.24, 2.45) is 0 Å². The molecule has 0 spiro atoms. The van der Waals surface area contributed by atoms with Crippen LogP contribution >= 0.6 is 8.60 Å².